The zero-order chi connectivity index (χ0) is 18.7. The summed E-state index contributed by atoms with van der Waals surface area (Å²) in [6, 6.07) is 12.7. The molecule has 134 valence electrons. The van der Waals surface area contributed by atoms with Gasteiger partial charge in [-0.05, 0) is 56.2 Å². The number of anilines is 1. The van der Waals surface area contributed by atoms with Crippen LogP contribution < -0.4 is 10.9 Å². The van der Waals surface area contributed by atoms with Crippen molar-refractivity contribution in [3.05, 3.63) is 69.8 Å². The van der Waals surface area contributed by atoms with E-state index in [2.05, 4.69) is 15.3 Å². The maximum Gasteiger partial charge on any atom is 0.322 e. The Morgan fingerprint density at radius 3 is 2.65 bits per heavy atom. The monoisotopic (exact) mass is 350 g/mol. The van der Waals surface area contributed by atoms with Gasteiger partial charge >= 0.3 is 6.03 Å². The number of nitrogens with zero attached hydrogens (tertiary/aromatic N) is 2. The molecular formula is C20H22N4O2. The molecule has 0 aliphatic rings. The smallest absolute Gasteiger partial charge is 0.317 e. The molecule has 6 heteroatoms. The standard InChI is InChI=1S/C20H22N4O2/c1-4-24(20(26)21-15-10-9-13(2)14(3)11-15)12-18-22-17-8-6-5-7-16(17)19(25)23-18/h5-11H,4,12H2,1-3H3,(H,21,26)(H,22,23,25). The summed E-state index contributed by atoms with van der Waals surface area (Å²) in [5, 5.41) is 3.44. The minimum atomic E-state index is -0.230. The molecule has 0 aliphatic heterocycles. The van der Waals surface area contributed by atoms with Gasteiger partial charge in [-0.2, -0.15) is 0 Å². The average Bonchev–Trinajstić information content (AvgIpc) is 2.62. The highest BCUT2D eigenvalue weighted by Gasteiger charge is 2.14. The van der Waals surface area contributed by atoms with Crippen molar-refractivity contribution < 1.29 is 4.79 Å². The van der Waals surface area contributed by atoms with Crippen LogP contribution in [0.15, 0.2) is 47.3 Å². The van der Waals surface area contributed by atoms with Crippen LogP contribution in [0.4, 0.5) is 10.5 Å². The molecule has 0 atom stereocenters. The number of aryl methyl sites for hydroxylation is 2. The third-order valence-corrected chi connectivity index (χ3v) is 4.43. The van der Waals surface area contributed by atoms with Crippen LogP contribution in [0.5, 0.6) is 0 Å². The number of rotatable bonds is 4. The Bertz CT molecular complexity index is 1010. The topological polar surface area (TPSA) is 78.1 Å². The Morgan fingerprint density at radius 1 is 1.15 bits per heavy atom. The molecule has 2 N–H and O–H groups in total. The summed E-state index contributed by atoms with van der Waals surface area (Å²) >= 11 is 0. The summed E-state index contributed by atoms with van der Waals surface area (Å²) < 4.78 is 0. The van der Waals surface area contributed by atoms with Crippen LogP contribution in [0.3, 0.4) is 0 Å². The fourth-order valence-corrected chi connectivity index (χ4v) is 2.74. The highest BCUT2D eigenvalue weighted by molar-refractivity contribution is 5.89. The van der Waals surface area contributed by atoms with Gasteiger partial charge in [0.2, 0.25) is 0 Å². The van der Waals surface area contributed by atoms with Crippen LogP contribution in [-0.4, -0.2) is 27.4 Å². The van der Waals surface area contributed by atoms with Gasteiger partial charge < -0.3 is 15.2 Å². The number of benzene rings is 2. The lowest BCUT2D eigenvalue weighted by Gasteiger charge is -2.21. The van der Waals surface area contributed by atoms with Gasteiger partial charge in [-0.25, -0.2) is 9.78 Å². The van der Waals surface area contributed by atoms with Gasteiger partial charge in [-0.3, -0.25) is 4.79 Å². The minimum Gasteiger partial charge on any atom is -0.317 e. The number of aromatic nitrogens is 2. The molecule has 3 aromatic rings. The number of fused-ring (bicyclic) bond motifs is 1. The van der Waals surface area contributed by atoms with Crippen molar-refractivity contribution in [1.82, 2.24) is 14.9 Å². The van der Waals surface area contributed by atoms with E-state index in [1.54, 1.807) is 23.1 Å². The maximum absolute atomic E-state index is 12.6. The number of H-pyrrole nitrogens is 1. The van der Waals surface area contributed by atoms with Gasteiger partial charge in [0, 0.05) is 12.2 Å². The Morgan fingerprint density at radius 2 is 1.92 bits per heavy atom. The lowest BCUT2D eigenvalue weighted by molar-refractivity contribution is 0.211. The van der Waals surface area contributed by atoms with Crippen LogP contribution in [0.2, 0.25) is 0 Å². The van der Waals surface area contributed by atoms with E-state index in [1.165, 1.54) is 5.56 Å². The molecule has 1 aromatic heterocycles. The second-order valence-corrected chi connectivity index (χ2v) is 6.27. The van der Waals surface area contributed by atoms with E-state index in [-0.39, 0.29) is 18.1 Å². The van der Waals surface area contributed by atoms with E-state index < -0.39 is 0 Å². The minimum absolute atomic E-state index is 0.198. The molecule has 26 heavy (non-hydrogen) atoms. The molecule has 0 saturated heterocycles. The van der Waals surface area contributed by atoms with E-state index >= 15 is 0 Å². The lowest BCUT2D eigenvalue weighted by Crippen LogP contribution is -2.35. The molecule has 0 fully saturated rings. The van der Waals surface area contributed by atoms with E-state index in [1.807, 2.05) is 45.0 Å². The molecule has 3 rings (SSSR count). The van der Waals surface area contributed by atoms with Gasteiger partial charge in [0.25, 0.3) is 5.56 Å². The summed E-state index contributed by atoms with van der Waals surface area (Å²) in [7, 11) is 0. The van der Waals surface area contributed by atoms with E-state index in [0.717, 1.165) is 11.3 Å². The zero-order valence-electron chi connectivity index (χ0n) is 15.2. The van der Waals surface area contributed by atoms with E-state index in [0.29, 0.717) is 23.3 Å². The molecule has 0 radical (unpaired) electrons. The van der Waals surface area contributed by atoms with Crippen molar-refractivity contribution in [3.8, 4) is 0 Å². The van der Waals surface area contributed by atoms with Crippen molar-refractivity contribution in [2.75, 3.05) is 11.9 Å². The Kier molecular flexibility index (Phi) is 5.02. The van der Waals surface area contributed by atoms with Crippen LogP contribution >= 0.6 is 0 Å². The Balaban J connectivity index is 1.79. The second kappa shape index (κ2) is 7.39. The van der Waals surface area contributed by atoms with Gasteiger partial charge in [0.05, 0.1) is 17.4 Å². The van der Waals surface area contributed by atoms with Crippen LogP contribution in [0.25, 0.3) is 10.9 Å². The highest BCUT2D eigenvalue weighted by Crippen LogP contribution is 2.15. The van der Waals surface area contributed by atoms with Crippen LogP contribution in [-0.2, 0) is 6.54 Å². The Labute approximate surface area is 151 Å². The maximum atomic E-state index is 12.6. The first kappa shape index (κ1) is 17.7. The number of aromatic amines is 1. The molecule has 0 spiro atoms. The molecule has 0 bridgehead atoms. The molecule has 0 saturated carbocycles. The third kappa shape index (κ3) is 3.74. The second-order valence-electron chi connectivity index (χ2n) is 6.27. The summed E-state index contributed by atoms with van der Waals surface area (Å²) in [6.45, 7) is 6.65. The number of hydrogen-bond donors (Lipinski definition) is 2. The average molecular weight is 350 g/mol. The number of carbonyl (C=O) groups excluding carboxylic acids is 1. The van der Waals surface area contributed by atoms with Crippen molar-refractivity contribution in [2.24, 2.45) is 0 Å². The first-order valence-electron chi connectivity index (χ1n) is 8.59. The van der Waals surface area contributed by atoms with Crippen molar-refractivity contribution in [1.29, 1.82) is 0 Å². The lowest BCUT2D eigenvalue weighted by atomic mass is 10.1. The predicted octanol–water partition coefficient (Wildman–Crippen LogP) is 3.59. The summed E-state index contributed by atoms with van der Waals surface area (Å²) in [5.74, 6) is 0.464. The molecule has 1 heterocycles. The SMILES string of the molecule is CCN(Cc1nc2ccccc2c(=O)[nH]1)C(=O)Nc1ccc(C)c(C)c1. The van der Waals surface area contributed by atoms with Crippen molar-refractivity contribution >= 4 is 22.6 Å². The predicted molar refractivity (Wildman–Crippen MR) is 103 cm³/mol. The number of para-hydroxylation sites is 1. The highest BCUT2D eigenvalue weighted by atomic mass is 16.2. The first-order valence-corrected chi connectivity index (χ1v) is 8.59. The first-order chi connectivity index (χ1) is 12.5. The number of carbonyl (C=O) groups is 1. The normalized spacial score (nSPS) is 10.7. The van der Waals surface area contributed by atoms with Crippen LogP contribution in [0, 0.1) is 13.8 Å². The van der Waals surface area contributed by atoms with E-state index in [4.69, 9.17) is 0 Å². The Hall–Kier alpha value is -3.15. The fraction of sp³-hybridized carbons (Fsp3) is 0.250. The van der Waals surface area contributed by atoms with Gasteiger partial charge in [0.1, 0.15) is 5.82 Å². The molecule has 0 unspecified atom stereocenters. The number of amides is 2. The summed E-state index contributed by atoms with van der Waals surface area (Å²) in [4.78, 5) is 33.6. The molecule has 6 nitrogen and oxygen atoms in total. The van der Waals surface area contributed by atoms with Crippen LogP contribution in [0.1, 0.15) is 23.9 Å². The van der Waals surface area contributed by atoms with E-state index in [9.17, 15) is 9.59 Å². The quantitative estimate of drug-likeness (QED) is 0.755. The number of hydrogen-bond acceptors (Lipinski definition) is 3. The largest absolute Gasteiger partial charge is 0.322 e. The van der Waals surface area contributed by atoms with Crippen molar-refractivity contribution in [3.63, 3.8) is 0 Å². The third-order valence-electron chi connectivity index (χ3n) is 4.43. The fourth-order valence-electron chi connectivity index (χ4n) is 2.74. The number of urea groups is 1. The molecule has 2 aromatic carbocycles. The molecule has 2 amide bonds. The summed E-state index contributed by atoms with van der Waals surface area (Å²) in [6.07, 6.45) is 0. The molecular weight excluding hydrogens is 328 g/mol. The van der Waals surface area contributed by atoms with Gasteiger partial charge in [-0.15, -0.1) is 0 Å². The zero-order valence-corrected chi connectivity index (χ0v) is 15.2. The van der Waals surface area contributed by atoms with Crippen molar-refractivity contribution in [2.45, 2.75) is 27.3 Å². The van der Waals surface area contributed by atoms with Gasteiger partial charge in [-0.1, -0.05) is 18.2 Å². The number of nitrogens with one attached hydrogen (secondary N) is 2. The molecule has 0 aliphatic carbocycles. The summed E-state index contributed by atoms with van der Waals surface area (Å²) in [5.41, 5.74) is 3.46. The van der Waals surface area contributed by atoms with Gasteiger partial charge in [0.15, 0.2) is 0 Å².